The van der Waals surface area contributed by atoms with E-state index in [9.17, 15) is 18.7 Å². The SMILES string of the molecule is CNc1c(F)c(F)cc2c1[nH]c1ncc(-c3cnc(C4(C(=O)O)CC4)nc3)c(N(C)C)c12. The van der Waals surface area contributed by atoms with Crippen LogP contribution >= 0.6 is 0 Å². The van der Waals surface area contributed by atoms with E-state index in [1.54, 1.807) is 18.6 Å². The van der Waals surface area contributed by atoms with Crippen molar-refractivity contribution in [3.05, 3.63) is 42.1 Å². The molecule has 1 aromatic carbocycles. The Kier molecular flexibility index (Phi) is 4.30. The van der Waals surface area contributed by atoms with E-state index >= 15 is 0 Å². The van der Waals surface area contributed by atoms with Crippen molar-refractivity contribution >= 4 is 39.3 Å². The van der Waals surface area contributed by atoms with Crippen molar-refractivity contribution in [3.63, 3.8) is 0 Å². The third-order valence-electron chi connectivity index (χ3n) is 6.03. The summed E-state index contributed by atoms with van der Waals surface area (Å²) in [7, 11) is 5.21. The second-order valence-corrected chi connectivity index (χ2v) is 8.17. The molecule has 0 atom stereocenters. The van der Waals surface area contributed by atoms with Crippen LogP contribution in [0.15, 0.2) is 24.7 Å². The molecule has 8 nitrogen and oxygen atoms in total. The number of carboxylic acid groups (broad SMARTS) is 1. The van der Waals surface area contributed by atoms with E-state index in [0.717, 1.165) is 11.8 Å². The number of rotatable bonds is 5. The number of aromatic amines is 1. The fourth-order valence-electron chi connectivity index (χ4n) is 4.21. The van der Waals surface area contributed by atoms with Crippen LogP contribution in [-0.2, 0) is 10.2 Å². The van der Waals surface area contributed by atoms with Gasteiger partial charge in [0.2, 0.25) is 0 Å². The number of aromatic nitrogens is 4. The van der Waals surface area contributed by atoms with Crippen LogP contribution in [0, 0.1) is 11.6 Å². The molecule has 0 unspecified atom stereocenters. The first kappa shape index (κ1) is 20.1. The maximum atomic E-state index is 14.4. The Morgan fingerprint density at radius 1 is 1.19 bits per heavy atom. The lowest BCUT2D eigenvalue weighted by molar-refractivity contribution is -0.140. The number of hydrogen-bond acceptors (Lipinski definition) is 6. The number of pyridine rings is 1. The first-order valence-corrected chi connectivity index (χ1v) is 10.0. The van der Waals surface area contributed by atoms with Gasteiger partial charge in [-0.2, -0.15) is 0 Å². The van der Waals surface area contributed by atoms with E-state index < -0.39 is 23.0 Å². The summed E-state index contributed by atoms with van der Waals surface area (Å²) in [5.74, 6) is -2.56. The van der Waals surface area contributed by atoms with Crippen LogP contribution in [0.2, 0.25) is 0 Å². The van der Waals surface area contributed by atoms with Crippen molar-refractivity contribution in [2.45, 2.75) is 18.3 Å². The summed E-state index contributed by atoms with van der Waals surface area (Å²) in [4.78, 5) is 29.6. The van der Waals surface area contributed by atoms with Gasteiger partial charge in [0.25, 0.3) is 0 Å². The zero-order valence-corrected chi connectivity index (χ0v) is 17.6. The minimum absolute atomic E-state index is 0.0281. The van der Waals surface area contributed by atoms with Gasteiger partial charge in [0.05, 0.1) is 22.3 Å². The number of hydrogen-bond donors (Lipinski definition) is 3. The second-order valence-electron chi connectivity index (χ2n) is 8.17. The molecule has 0 aliphatic heterocycles. The number of anilines is 2. The van der Waals surface area contributed by atoms with Crippen molar-refractivity contribution < 1.29 is 18.7 Å². The van der Waals surface area contributed by atoms with E-state index in [1.165, 1.54) is 7.05 Å². The average Bonchev–Trinajstić information content (AvgIpc) is 3.51. The molecule has 0 radical (unpaired) electrons. The van der Waals surface area contributed by atoms with Crippen LogP contribution in [0.25, 0.3) is 33.1 Å². The minimum Gasteiger partial charge on any atom is -0.480 e. The summed E-state index contributed by atoms with van der Waals surface area (Å²) in [6, 6.07) is 1.16. The summed E-state index contributed by atoms with van der Waals surface area (Å²) in [6.07, 6.45) is 5.83. The zero-order chi connectivity index (χ0) is 22.8. The number of nitrogens with zero attached hydrogens (tertiary/aromatic N) is 4. The summed E-state index contributed by atoms with van der Waals surface area (Å²) < 4.78 is 28.7. The summed E-state index contributed by atoms with van der Waals surface area (Å²) in [5, 5.41) is 13.3. The quantitative estimate of drug-likeness (QED) is 0.436. The van der Waals surface area contributed by atoms with E-state index in [1.807, 2.05) is 19.0 Å². The second kappa shape index (κ2) is 6.84. The molecular weight excluding hydrogens is 418 g/mol. The van der Waals surface area contributed by atoms with Gasteiger partial charge in [-0.25, -0.2) is 23.7 Å². The summed E-state index contributed by atoms with van der Waals surface area (Å²) >= 11 is 0. The normalized spacial score (nSPS) is 14.7. The largest absolute Gasteiger partial charge is 0.480 e. The lowest BCUT2D eigenvalue weighted by Gasteiger charge is -2.19. The van der Waals surface area contributed by atoms with Gasteiger partial charge in [0, 0.05) is 56.2 Å². The fraction of sp³-hybridized carbons (Fsp3) is 0.273. The topological polar surface area (TPSA) is 107 Å². The van der Waals surface area contributed by atoms with E-state index in [2.05, 4.69) is 25.3 Å². The van der Waals surface area contributed by atoms with E-state index in [-0.39, 0.29) is 11.5 Å². The number of aliphatic carboxylic acids is 1. The maximum absolute atomic E-state index is 14.4. The predicted molar refractivity (Wildman–Crippen MR) is 117 cm³/mol. The molecule has 1 saturated carbocycles. The lowest BCUT2D eigenvalue weighted by Crippen LogP contribution is -2.22. The van der Waals surface area contributed by atoms with E-state index in [0.29, 0.717) is 45.9 Å². The van der Waals surface area contributed by atoms with Crippen LogP contribution < -0.4 is 10.2 Å². The molecule has 4 aromatic rings. The van der Waals surface area contributed by atoms with Gasteiger partial charge >= 0.3 is 5.97 Å². The Morgan fingerprint density at radius 2 is 1.88 bits per heavy atom. The number of H-pyrrole nitrogens is 1. The standard InChI is InChI=1S/C22H20F2N6O2/c1-25-17-15(24)13(23)6-11-14-18(30(2)3)12(9-26-19(14)29-16(11)17)10-7-27-20(28-8-10)22(4-5-22)21(31)32/h6-9,25H,4-5H2,1-3H3,(H,26,29)(H,31,32). The van der Waals surface area contributed by atoms with Gasteiger partial charge in [-0.3, -0.25) is 4.79 Å². The molecule has 1 aliphatic carbocycles. The molecule has 0 spiro atoms. The highest BCUT2D eigenvalue weighted by Crippen LogP contribution is 2.47. The third-order valence-corrected chi connectivity index (χ3v) is 6.03. The van der Waals surface area contributed by atoms with Crippen LogP contribution in [0.3, 0.4) is 0 Å². The third kappa shape index (κ3) is 2.72. The number of nitrogens with one attached hydrogen (secondary N) is 2. The maximum Gasteiger partial charge on any atom is 0.317 e. The fourth-order valence-corrected chi connectivity index (χ4v) is 4.21. The molecule has 5 rings (SSSR count). The monoisotopic (exact) mass is 438 g/mol. The molecule has 1 aliphatic rings. The lowest BCUT2D eigenvalue weighted by atomic mass is 10.0. The molecule has 0 amide bonds. The van der Waals surface area contributed by atoms with Crippen molar-refractivity contribution in [2.75, 3.05) is 31.4 Å². The Bertz CT molecular complexity index is 1390. The molecule has 1 fully saturated rings. The number of carbonyl (C=O) groups is 1. The molecule has 164 valence electrons. The molecule has 32 heavy (non-hydrogen) atoms. The Balaban J connectivity index is 1.74. The Morgan fingerprint density at radius 3 is 2.44 bits per heavy atom. The van der Waals surface area contributed by atoms with Crippen molar-refractivity contribution in [3.8, 4) is 11.1 Å². The zero-order valence-electron chi connectivity index (χ0n) is 17.6. The molecule has 3 N–H and O–H groups in total. The molecule has 10 heteroatoms. The number of carboxylic acids is 1. The highest BCUT2D eigenvalue weighted by Gasteiger charge is 2.54. The van der Waals surface area contributed by atoms with Gasteiger partial charge in [0.1, 0.15) is 16.9 Å². The molecule has 3 heterocycles. The number of benzene rings is 1. The van der Waals surface area contributed by atoms with Crippen LogP contribution in [0.4, 0.5) is 20.2 Å². The smallest absolute Gasteiger partial charge is 0.317 e. The Labute approximate surface area is 181 Å². The van der Waals surface area contributed by atoms with Crippen molar-refractivity contribution in [1.82, 2.24) is 19.9 Å². The number of halogens is 2. The molecule has 0 bridgehead atoms. The van der Waals surface area contributed by atoms with Crippen molar-refractivity contribution in [1.29, 1.82) is 0 Å². The molecule has 0 saturated heterocycles. The van der Waals surface area contributed by atoms with Gasteiger partial charge in [-0.15, -0.1) is 0 Å². The van der Waals surface area contributed by atoms with Crippen LogP contribution in [0.1, 0.15) is 18.7 Å². The van der Waals surface area contributed by atoms with Crippen LogP contribution in [0.5, 0.6) is 0 Å². The first-order chi connectivity index (χ1) is 15.3. The summed E-state index contributed by atoms with van der Waals surface area (Å²) in [5.41, 5.74) is 1.98. The van der Waals surface area contributed by atoms with Crippen molar-refractivity contribution in [2.24, 2.45) is 0 Å². The molecular formula is C22H20F2N6O2. The summed E-state index contributed by atoms with van der Waals surface area (Å²) in [6.45, 7) is 0. The minimum atomic E-state index is -0.993. The predicted octanol–water partition coefficient (Wildman–Crippen LogP) is 3.68. The van der Waals surface area contributed by atoms with Gasteiger partial charge < -0.3 is 20.3 Å². The first-order valence-electron chi connectivity index (χ1n) is 10.0. The van der Waals surface area contributed by atoms with Gasteiger partial charge in [0.15, 0.2) is 11.6 Å². The van der Waals surface area contributed by atoms with Gasteiger partial charge in [-0.05, 0) is 18.9 Å². The molecule has 3 aromatic heterocycles. The highest BCUT2D eigenvalue weighted by molar-refractivity contribution is 6.17. The van der Waals surface area contributed by atoms with Crippen LogP contribution in [-0.4, -0.2) is 52.2 Å². The van der Waals surface area contributed by atoms with E-state index in [4.69, 9.17) is 0 Å². The average molecular weight is 438 g/mol. The Hall–Kier alpha value is -3.82. The van der Waals surface area contributed by atoms with Gasteiger partial charge in [-0.1, -0.05) is 0 Å². The number of fused-ring (bicyclic) bond motifs is 3. The highest BCUT2D eigenvalue weighted by atomic mass is 19.2.